The number of amides is 1. The molecule has 80 valence electrons. The summed E-state index contributed by atoms with van der Waals surface area (Å²) in [7, 11) is 0. The molecular formula is C10H10BrFN2O. The molecule has 1 fully saturated rings. The standard InChI is InChI=1S/C10H10BrFN2O/c11-7-5-8(9(12)13-6-7)10(15)14-3-1-2-4-14/h5-6H,1-4H2. The van der Waals surface area contributed by atoms with Gasteiger partial charge in [0.05, 0.1) is 5.56 Å². The van der Waals surface area contributed by atoms with Crippen molar-refractivity contribution in [3.8, 4) is 0 Å². The number of hydrogen-bond donors (Lipinski definition) is 0. The number of aromatic nitrogens is 1. The maximum Gasteiger partial charge on any atom is 0.258 e. The van der Waals surface area contributed by atoms with E-state index in [0.29, 0.717) is 17.6 Å². The number of carbonyl (C=O) groups excluding carboxylic acids is 1. The third kappa shape index (κ3) is 2.17. The minimum atomic E-state index is -0.699. The van der Waals surface area contributed by atoms with Gasteiger partial charge in [0.25, 0.3) is 5.91 Å². The number of halogens is 2. The molecule has 1 aliphatic rings. The summed E-state index contributed by atoms with van der Waals surface area (Å²) in [6.45, 7) is 1.43. The van der Waals surface area contributed by atoms with Crippen molar-refractivity contribution < 1.29 is 9.18 Å². The Bertz CT molecular complexity index is 391. The van der Waals surface area contributed by atoms with Crippen LogP contribution in [0.25, 0.3) is 0 Å². The molecule has 2 heterocycles. The van der Waals surface area contributed by atoms with E-state index in [0.717, 1.165) is 12.8 Å². The molecule has 0 bridgehead atoms. The molecule has 0 atom stereocenters. The molecule has 3 nitrogen and oxygen atoms in total. The van der Waals surface area contributed by atoms with E-state index in [4.69, 9.17) is 0 Å². The van der Waals surface area contributed by atoms with Crippen LogP contribution in [0, 0.1) is 5.95 Å². The normalized spacial score (nSPS) is 15.7. The van der Waals surface area contributed by atoms with Crippen molar-refractivity contribution in [1.82, 2.24) is 9.88 Å². The number of likely N-dealkylation sites (tertiary alicyclic amines) is 1. The number of pyridine rings is 1. The summed E-state index contributed by atoms with van der Waals surface area (Å²) in [5, 5.41) is 0. The molecule has 0 radical (unpaired) electrons. The molecule has 15 heavy (non-hydrogen) atoms. The number of hydrogen-bond acceptors (Lipinski definition) is 2. The monoisotopic (exact) mass is 272 g/mol. The zero-order chi connectivity index (χ0) is 10.8. The van der Waals surface area contributed by atoms with Gasteiger partial charge in [-0.2, -0.15) is 4.39 Å². The molecule has 2 rings (SSSR count). The number of nitrogens with zero attached hydrogens (tertiary/aromatic N) is 2. The average Bonchev–Trinajstić information content (AvgIpc) is 2.74. The van der Waals surface area contributed by atoms with Gasteiger partial charge in [-0.05, 0) is 34.8 Å². The summed E-state index contributed by atoms with van der Waals surface area (Å²) in [6, 6.07) is 1.48. The third-order valence-electron chi connectivity index (χ3n) is 2.43. The molecule has 5 heteroatoms. The molecule has 1 aromatic rings. The third-order valence-corrected chi connectivity index (χ3v) is 2.86. The Morgan fingerprint density at radius 2 is 2.13 bits per heavy atom. The molecule has 0 aromatic carbocycles. The van der Waals surface area contributed by atoms with Crippen LogP contribution in [0.5, 0.6) is 0 Å². The van der Waals surface area contributed by atoms with Crippen molar-refractivity contribution >= 4 is 21.8 Å². The second-order valence-electron chi connectivity index (χ2n) is 3.49. The highest BCUT2D eigenvalue weighted by atomic mass is 79.9. The Morgan fingerprint density at radius 1 is 1.47 bits per heavy atom. The van der Waals surface area contributed by atoms with Gasteiger partial charge in [-0.3, -0.25) is 4.79 Å². The van der Waals surface area contributed by atoms with Gasteiger partial charge < -0.3 is 4.90 Å². The van der Waals surface area contributed by atoms with Gasteiger partial charge in [0.15, 0.2) is 0 Å². The highest BCUT2D eigenvalue weighted by Gasteiger charge is 2.22. The molecule has 1 saturated heterocycles. The second kappa shape index (κ2) is 4.26. The lowest BCUT2D eigenvalue weighted by Gasteiger charge is -2.15. The molecule has 0 aliphatic carbocycles. The van der Waals surface area contributed by atoms with E-state index >= 15 is 0 Å². The summed E-state index contributed by atoms with van der Waals surface area (Å²) in [4.78, 5) is 17.0. The zero-order valence-electron chi connectivity index (χ0n) is 8.04. The van der Waals surface area contributed by atoms with Crippen molar-refractivity contribution in [1.29, 1.82) is 0 Å². The summed E-state index contributed by atoms with van der Waals surface area (Å²) in [5.74, 6) is -0.964. The Balaban J connectivity index is 2.27. The lowest BCUT2D eigenvalue weighted by Crippen LogP contribution is -2.28. The summed E-state index contributed by atoms with van der Waals surface area (Å²) in [6.07, 6.45) is 3.33. The fraction of sp³-hybridized carbons (Fsp3) is 0.400. The van der Waals surface area contributed by atoms with Crippen LogP contribution in [0.1, 0.15) is 23.2 Å². The van der Waals surface area contributed by atoms with Gasteiger partial charge in [-0.1, -0.05) is 0 Å². The van der Waals surface area contributed by atoms with Crippen LogP contribution in [-0.4, -0.2) is 28.9 Å². The summed E-state index contributed by atoms with van der Waals surface area (Å²) < 4.78 is 13.9. The van der Waals surface area contributed by atoms with E-state index in [-0.39, 0.29) is 11.5 Å². The highest BCUT2D eigenvalue weighted by molar-refractivity contribution is 9.10. The number of rotatable bonds is 1. The van der Waals surface area contributed by atoms with Crippen LogP contribution in [0.2, 0.25) is 0 Å². The fourth-order valence-electron chi connectivity index (χ4n) is 1.66. The molecule has 1 aromatic heterocycles. The van der Waals surface area contributed by atoms with Gasteiger partial charge in [0, 0.05) is 23.8 Å². The Kier molecular flexibility index (Phi) is 3.00. The van der Waals surface area contributed by atoms with E-state index in [2.05, 4.69) is 20.9 Å². The number of carbonyl (C=O) groups is 1. The Morgan fingerprint density at radius 3 is 2.80 bits per heavy atom. The van der Waals surface area contributed by atoms with Gasteiger partial charge in [-0.25, -0.2) is 4.98 Å². The first-order chi connectivity index (χ1) is 7.18. The van der Waals surface area contributed by atoms with E-state index in [9.17, 15) is 9.18 Å². The summed E-state index contributed by atoms with van der Waals surface area (Å²) in [5.41, 5.74) is 0.0475. The van der Waals surface area contributed by atoms with Crippen LogP contribution in [0.4, 0.5) is 4.39 Å². The first-order valence-corrected chi connectivity index (χ1v) is 5.58. The van der Waals surface area contributed by atoms with Crippen LogP contribution >= 0.6 is 15.9 Å². The SMILES string of the molecule is O=C(c1cc(Br)cnc1F)N1CCCC1. The molecule has 0 unspecified atom stereocenters. The smallest absolute Gasteiger partial charge is 0.258 e. The molecule has 0 N–H and O–H groups in total. The van der Waals surface area contributed by atoms with Crippen molar-refractivity contribution in [2.75, 3.05) is 13.1 Å². The predicted molar refractivity (Wildman–Crippen MR) is 57.0 cm³/mol. The molecule has 0 saturated carbocycles. The maximum atomic E-state index is 13.3. The van der Waals surface area contributed by atoms with Gasteiger partial charge in [0.1, 0.15) is 0 Å². The maximum absolute atomic E-state index is 13.3. The zero-order valence-corrected chi connectivity index (χ0v) is 9.63. The van der Waals surface area contributed by atoms with Crippen LogP contribution in [0.15, 0.2) is 16.7 Å². The van der Waals surface area contributed by atoms with Crippen molar-refractivity contribution in [3.63, 3.8) is 0 Å². The molecule has 1 aliphatic heterocycles. The van der Waals surface area contributed by atoms with Gasteiger partial charge in [-0.15, -0.1) is 0 Å². The van der Waals surface area contributed by atoms with Crippen molar-refractivity contribution in [2.24, 2.45) is 0 Å². The topological polar surface area (TPSA) is 33.2 Å². The largest absolute Gasteiger partial charge is 0.339 e. The first-order valence-electron chi connectivity index (χ1n) is 4.79. The minimum absolute atomic E-state index is 0.0475. The first kappa shape index (κ1) is 10.5. The molecule has 1 amide bonds. The molecular weight excluding hydrogens is 263 g/mol. The fourth-order valence-corrected chi connectivity index (χ4v) is 1.99. The van der Waals surface area contributed by atoms with E-state index in [1.54, 1.807) is 4.90 Å². The van der Waals surface area contributed by atoms with Gasteiger partial charge >= 0.3 is 0 Å². The lowest BCUT2D eigenvalue weighted by atomic mass is 10.2. The van der Waals surface area contributed by atoms with E-state index in [1.807, 2.05) is 0 Å². The van der Waals surface area contributed by atoms with Crippen LogP contribution < -0.4 is 0 Å². The van der Waals surface area contributed by atoms with Crippen LogP contribution in [-0.2, 0) is 0 Å². The summed E-state index contributed by atoms with van der Waals surface area (Å²) >= 11 is 3.17. The highest BCUT2D eigenvalue weighted by Crippen LogP contribution is 2.17. The quantitative estimate of drug-likeness (QED) is 0.735. The lowest BCUT2D eigenvalue weighted by molar-refractivity contribution is 0.0787. The van der Waals surface area contributed by atoms with Crippen molar-refractivity contribution in [3.05, 3.63) is 28.2 Å². The average molecular weight is 273 g/mol. The van der Waals surface area contributed by atoms with Gasteiger partial charge in [0.2, 0.25) is 5.95 Å². The van der Waals surface area contributed by atoms with Crippen molar-refractivity contribution in [2.45, 2.75) is 12.8 Å². The van der Waals surface area contributed by atoms with E-state index < -0.39 is 5.95 Å². The minimum Gasteiger partial charge on any atom is -0.339 e. The van der Waals surface area contributed by atoms with Crippen LogP contribution in [0.3, 0.4) is 0 Å². The second-order valence-corrected chi connectivity index (χ2v) is 4.41. The Labute approximate surface area is 95.4 Å². The Hall–Kier alpha value is -0.970. The molecule has 0 spiro atoms. The van der Waals surface area contributed by atoms with E-state index in [1.165, 1.54) is 12.3 Å². The predicted octanol–water partition coefficient (Wildman–Crippen LogP) is 2.22.